The summed E-state index contributed by atoms with van der Waals surface area (Å²) in [4.78, 5) is 125. The van der Waals surface area contributed by atoms with E-state index in [1.54, 1.807) is 0 Å². The maximum atomic E-state index is 13.5. The van der Waals surface area contributed by atoms with Gasteiger partial charge in [-0.05, 0) is 6.42 Å². The normalized spacial score (nSPS) is 28.6. The van der Waals surface area contributed by atoms with E-state index in [1.165, 1.54) is 14.2 Å². The molecular formula is C30H59O33P5. The quantitative estimate of drug-likeness (QED) is 0.0185. The molecule has 2 fully saturated rings. The number of phosphoric ester groups is 5. The summed E-state index contributed by atoms with van der Waals surface area (Å²) in [5, 5.41) is 0. The molecule has 68 heavy (non-hydrogen) atoms. The highest BCUT2D eigenvalue weighted by molar-refractivity contribution is 7.47. The Labute approximate surface area is 387 Å². The third kappa shape index (κ3) is 22.9. The van der Waals surface area contributed by atoms with E-state index >= 15 is 0 Å². The Morgan fingerprint density at radius 1 is 0.353 bits per heavy atom. The molecule has 0 unspecified atom stereocenters. The molecule has 0 amide bonds. The Bertz CT molecular complexity index is 1760. The van der Waals surface area contributed by atoms with Crippen molar-refractivity contribution >= 4 is 51.1 Å². The molecule has 2 aliphatic rings. The highest BCUT2D eigenvalue weighted by Gasteiger charge is 2.61. The van der Waals surface area contributed by atoms with E-state index in [0.717, 1.165) is 21.3 Å². The molecule has 402 valence electrons. The molecule has 0 aromatic rings. The molecule has 0 aliphatic heterocycles. The summed E-state index contributed by atoms with van der Waals surface area (Å²) in [6.45, 7) is -0.803. The van der Waals surface area contributed by atoms with Crippen LogP contribution in [0.15, 0.2) is 0 Å². The fraction of sp³-hybridized carbons (Fsp3) is 0.933. The van der Waals surface area contributed by atoms with Crippen LogP contribution in [0.25, 0.3) is 0 Å². The molecule has 2 saturated carbocycles. The van der Waals surface area contributed by atoms with E-state index in [9.17, 15) is 81.3 Å². The van der Waals surface area contributed by atoms with E-state index in [4.69, 9.17) is 65.7 Å². The van der Waals surface area contributed by atoms with Crippen molar-refractivity contribution < 1.29 is 156 Å². The number of rotatable bonds is 33. The van der Waals surface area contributed by atoms with Crippen LogP contribution in [0.5, 0.6) is 0 Å². The van der Waals surface area contributed by atoms with Crippen LogP contribution in [-0.2, 0) is 107 Å². The molecule has 38 heteroatoms. The van der Waals surface area contributed by atoms with E-state index in [-0.39, 0.29) is 46.2 Å². The number of methoxy groups -OCH3 is 5. The molecule has 0 heterocycles. The van der Waals surface area contributed by atoms with Crippen LogP contribution in [0, 0.1) is 0 Å². The standard InChI is InChI=1S/C30H59O33P5/c1-48-9-11-53-13-15-55-22-21(52-5)24(29(62-67(42,43)44)23(28(22)61-66(39,40)41)56-16-14-54-12-10-49-2)57-17(31)7-6-8-18(32)58-25-26(59-64(33,34)35)19(50-3)20(51-4)27(60-65(36,37)38)30(25)63-68(45,46)47/h19-30H,6-16H2,1-5H3,(H2,33,34,35)(H2,36,37,38)(H2,39,40,41)(H2,42,43,44)(H2,45,46,47)/t19-,20-,21-,22-,23-,24-,25+,26+,27+,28+,29+,30+/m1/s1. The second-order valence-corrected chi connectivity index (χ2v) is 20.0. The van der Waals surface area contributed by atoms with Crippen molar-refractivity contribution in [1.29, 1.82) is 0 Å². The summed E-state index contributed by atoms with van der Waals surface area (Å²) in [5.41, 5.74) is 0. The average molecular weight is 1100 g/mol. The van der Waals surface area contributed by atoms with Gasteiger partial charge in [0.15, 0.2) is 12.2 Å². The lowest BCUT2D eigenvalue weighted by Crippen LogP contribution is -2.67. The van der Waals surface area contributed by atoms with Gasteiger partial charge in [0.25, 0.3) is 0 Å². The molecule has 0 saturated heterocycles. The lowest BCUT2D eigenvalue weighted by molar-refractivity contribution is -0.253. The predicted molar refractivity (Wildman–Crippen MR) is 215 cm³/mol. The fourth-order valence-electron chi connectivity index (χ4n) is 6.86. The Hall–Kier alpha value is -0.870. The Morgan fingerprint density at radius 3 is 0.926 bits per heavy atom. The fourth-order valence-corrected chi connectivity index (χ4v) is 9.65. The first-order chi connectivity index (χ1) is 31.5. The molecule has 2 aliphatic carbocycles. The molecule has 2 rings (SSSR count). The first kappa shape index (κ1) is 63.2. The Kier molecular flexibility index (Phi) is 27.1. The first-order valence-electron chi connectivity index (χ1n) is 19.5. The van der Waals surface area contributed by atoms with Gasteiger partial charge in [0.2, 0.25) is 0 Å². The van der Waals surface area contributed by atoms with Gasteiger partial charge in [-0.25, -0.2) is 22.8 Å². The van der Waals surface area contributed by atoms with Gasteiger partial charge in [-0.15, -0.1) is 0 Å². The second-order valence-electron chi connectivity index (χ2n) is 14.0. The topological polar surface area (TPSA) is 469 Å². The summed E-state index contributed by atoms with van der Waals surface area (Å²) in [6, 6.07) is 0. The van der Waals surface area contributed by atoms with Gasteiger partial charge in [-0.1, -0.05) is 0 Å². The molecule has 0 aromatic heterocycles. The summed E-state index contributed by atoms with van der Waals surface area (Å²) < 4.78 is 144. The lowest BCUT2D eigenvalue weighted by atomic mass is 9.84. The van der Waals surface area contributed by atoms with Crippen molar-refractivity contribution in [3.8, 4) is 0 Å². The zero-order valence-corrected chi connectivity index (χ0v) is 41.3. The van der Waals surface area contributed by atoms with Crippen LogP contribution >= 0.6 is 39.1 Å². The van der Waals surface area contributed by atoms with Crippen molar-refractivity contribution in [1.82, 2.24) is 0 Å². The molecular weight excluding hydrogens is 1040 g/mol. The van der Waals surface area contributed by atoms with E-state index in [1.807, 2.05) is 0 Å². The van der Waals surface area contributed by atoms with Crippen molar-refractivity contribution in [2.24, 2.45) is 0 Å². The number of hydrogen-bond donors (Lipinski definition) is 10. The van der Waals surface area contributed by atoms with Gasteiger partial charge in [-0.2, -0.15) is 0 Å². The predicted octanol–water partition coefficient (Wildman–Crippen LogP) is -2.46. The van der Waals surface area contributed by atoms with Gasteiger partial charge in [0, 0.05) is 48.4 Å². The van der Waals surface area contributed by atoms with Crippen LogP contribution in [0.1, 0.15) is 19.3 Å². The van der Waals surface area contributed by atoms with E-state index < -0.39 is 150 Å². The van der Waals surface area contributed by atoms with Crippen molar-refractivity contribution in [3.63, 3.8) is 0 Å². The monoisotopic (exact) mass is 1100 g/mol. The van der Waals surface area contributed by atoms with Crippen molar-refractivity contribution in [2.45, 2.75) is 92.5 Å². The molecule has 0 aromatic carbocycles. The third-order valence-corrected chi connectivity index (χ3v) is 11.8. The summed E-state index contributed by atoms with van der Waals surface area (Å²) in [7, 11) is -22.7. The third-order valence-electron chi connectivity index (χ3n) is 9.23. The minimum absolute atomic E-state index is 0.0430. The second kappa shape index (κ2) is 29.1. The van der Waals surface area contributed by atoms with Gasteiger partial charge < -0.3 is 101 Å². The Morgan fingerprint density at radius 2 is 0.603 bits per heavy atom. The molecule has 12 atom stereocenters. The maximum absolute atomic E-state index is 13.5. The zero-order valence-electron chi connectivity index (χ0n) is 36.8. The van der Waals surface area contributed by atoms with Gasteiger partial charge in [0.1, 0.15) is 61.0 Å². The van der Waals surface area contributed by atoms with Crippen LogP contribution in [-0.4, -0.2) is 223 Å². The Balaban J connectivity index is 2.52. The van der Waals surface area contributed by atoms with Gasteiger partial charge >= 0.3 is 51.1 Å². The van der Waals surface area contributed by atoms with E-state index in [0.29, 0.717) is 0 Å². The number of carbonyl (C=O) groups is 2. The van der Waals surface area contributed by atoms with Gasteiger partial charge in [-0.3, -0.25) is 32.2 Å². The smallest absolute Gasteiger partial charge is 0.457 e. The zero-order chi connectivity index (χ0) is 51.7. The highest BCUT2D eigenvalue weighted by atomic mass is 31.2. The van der Waals surface area contributed by atoms with Gasteiger partial charge in [0.05, 0.1) is 52.9 Å². The van der Waals surface area contributed by atoms with Crippen molar-refractivity contribution in [2.75, 3.05) is 88.4 Å². The highest BCUT2D eigenvalue weighted by Crippen LogP contribution is 2.52. The summed E-state index contributed by atoms with van der Waals surface area (Å²) >= 11 is 0. The minimum Gasteiger partial charge on any atom is -0.457 e. The molecule has 0 bridgehead atoms. The SMILES string of the molecule is COCCOCCO[C@@H]1[C@@H](OC)[C@@H](OC(=O)CCCC(=O)O[C@H]2[C@@H](OP(=O)(O)O)[C@H](OC)[C@@H](OC)[C@H](OP(=O)(O)O)[C@H]2OP(=O)(O)O)[C@@H](OP(=O)(O)O)[C@H](OCCOCCOC)[C@H]1OP(=O)(O)O. The summed E-state index contributed by atoms with van der Waals surface area (Å²) in [5.74, 6) is -2.74. The number of carbonyl (C=O) groups excluding carboxylic acids is 2. The number of phosphoric acid groups is 5. The molecule has 0 spiro atoms. The molecule has 10 N–H and O–H groups in total. The average Bonchev–Trinajstić information content (AvgIpc) is 3.19. The number of ether oxygens (including phenoxy) is 11. The van der Waals surface area contributed by atoms with Crippen LogP contribution in [0.3, 0.4) is 0 Å². The number of hydrogen-bond acceptors (Lipinski definition) is 23. The number of esters is 2. The maximum Gasteiger partial charge on any atom is 0.470 e. The van der Waals surface area contributed by atoms with E-state index in [2.05, 4.69) is 9.05 Å². The van der Waals surface area contributed by atoms with Crippen LogP contribution in [0.4, 0.5) is 0 Å². The molecule has 33 nitrogen and oxygen atoms in total. The largest absolute Gasteiger partial charge is 0.470 e. The van der Waals surface area contributed by atoms with Crippen LogP contribution in [0.2, 0.25) is 0 Å². The minimum atomic E-state index is -5.77. The van der Waals surface area contributed by atoms with Crippen LogP contribution < -0.4 is 0 Å². The lowest BCUT2D eigenvalue weighted by Gasteiger charge is -2.48. The van der Waals surface area contributed by atoms with Crippen molar-refractivity contribution in [3.05, 3.63) is 0 Å². The first-order valence-corrected chi connectivity index (χ1v) is 27.2. The molecule has 0 radical (unpaired) electrons. The summed E-state index contributed by atoms with van der Waals surface area (Å²) in [6.07, 6.45) is -27.3.